The smallest absolute Gasteiger partial charge is 0.264 e. The van der Waals surface area contributed by atoms with Crippen LogP contribution in [0.2, 0.25) is 0 Å². The number of hydrogen-bond donors (Lipinski definition) is 1. The summed E-state index contributed by atoms with van der Waals surface area (Å²) in [6.45, 7) is 2.96. The number of carbonyl (C=O) groups excluding carboxylic acids is 2. The molecule has 2 amide bonds. The van der Waals surface area contributed by atoms with Gasteiger partial charge in [-0.25, -0.2) is 12.8 Å². The number of anilines is 2. The van der Waals surface area contributed by atoms with Gasteiger partial charge < -0.3 is 15.0 Å². The van der Waals surface area contributed by atoms with E-state index in [-0.39, 0.29) is 16.5 Å². The number of benzene rings is 3. The lowest BCUT2D eigenvalue weighted by Crippen LogP contribution is -2.39. The normalized spacial score (nSPS) is 13.6. The number of rotatable bonds is 9. The Hall–Kier alpha value is -3.92. The Morgan fingerprint density at radius 3 is 2.26 bits per heavy atom. The van der Waals surface area contributed by atoms with E-state index in [0.717, 1.165) is 35.7 Å². The minimum Gasteiger partial charge on any atom is -0.494 e. The standard InChI is InChI=1S/C28H30FN3O5S/c1-2-37-23-14-16-24(17-15-23)38(35,36)32(22-12-10-21(29)11-13-22)20-27(33)30-26-9-5-4-8-25(26)28(34)31-18-6-3-7-19-31/h4-5,8-17H,2-3,6-7,18-20H2,1H3,(H,30,33). The first-order chi connectivity index (χ1) is 18.3. The van der Waals surface area contributed by atoms with E-state index in [9.17, 15) is 22.4 Å². The number of piperidine rings is 1. The van der Waals surface area contributed by atoms with Crippen molar-refractivity contribution in [1.29, 1.82) is 0 Å². The number of amides is 2. The van der Waals surface area contributed by atoms with Crippen LogP contribution in [-0.4, -0.2) is 51.4 Å². The SMILES string of the molecule is CCOc1ccc(S(=O)(=O)N(CC(=O)Nc2ccccc2C(=O)N2CCCCC2)c2ccc(F)cc2)cc1. The average molecular weight is 540 g/mol. The van der Waals surface area contributed by atoms with E-state index in [1.54, 1.807) is 29.2 Å². The first-order valence-corrected chi connectivity index (χ1v) is 13.9. The summed E-state index contributed by atoms with van der Waals surface area (Å²) in [7, 11) is -4.21. The van der Waals surface area contributed by atoms with Crippen LogP contribution in [0.3, 0.4) is 0 Å². The summed E-state index contributed by atoms with van der Waals surface area (Å²) in [5, 5.41) is 2.70. The largest absolute Gasteiger partial charge is 0.494 e. The Labute approximate surface area is 222 Å². The number of nitrogens with zero attached hydrogens (tertiary/aromatic N) is 2. The number of halogens is 1. The third kappa shape index (κ3) is 6.31. The molecule has 0 unspecified atom stereocenters. The summed E-state index contributed by atoms with van der Waals surface area (Å²) < 4.78 is 47.1. The average Bonchev–Trinajstić information content (AvgIpc) is 2.93. The molecule has 0 bridgehead atoms. The van der Waals surface area contributed by atoms with Crippen molar-refractivity contribution in [2.24, 2.45) is 0 Å². The molecule has 1 aliphatic heterocycles. The second-order valence-electron chi connectivity index (χ2n) is 8.84. The van der Waals surface area contributed by atoms with Gasteiger partial charge in [-0.3, -0.25) is 13.9 Å². The Bertz CT molecular complexity index is 1370. The fourth-order valence-corrected chi connectivity index (χ4v) is 5.71. The quantitative estimate of drug-likeness (QED) is 0.426. The maximum absolute atomic E-state index is 13.6. The van der Waals surface area contributed by atoms with Crippen LogP contribution in [0.5, 0.6) is 5.75 Å². The summed E-state index contributed by atoms with van der Waals surface area (Å²) in [5.74, 6) is -0.866. The van der Waals surface area contributed by atoms with E-state index < -0.39 is 28.3 Å². The van der Waals surface area contributed by atoms with E-state index in [4.69, 9.17) is 4.74 Å². The van der Waals surface area contributed by atoms with Gasteiger partial charge in [0, 0.05) is 13.1 Å². The van der Waals surface area contributed by atoms with E-state index in [0.29, 0.717) is 36.7 Å². The minimum absolute atomic E-state index is 0.0567. The van der Waals surface area contributed by atoms with Gasteiger partial charge in [-0.1, -0.05) is 12.1 Å². The van der Waals surface area contributed by atoms with Crippen molar-refractivity contribution in [3.05, 3.63) is 84.2 Å². The van der Waals surface area contributed by atoms with Gasteiger partial charge in [0.2, 0.25) is 5.91 Å². The van der Waals surface area contributed by atoms with Gasteiger partial charge in [0.05, 0.1) is 28.4 Å². The van der Waals surface area contributed by atoms with Crippen LogP contribution in [-0.2, 0) is 14.8 Å². The molecular formula is C28H30FN3O5S. The predicted molar refractivity (Wildman–Crippen MR) is 143 cm³/mol. The molecule has 3 aromatic rings. The molecule has 0 atom stereocenters. The molecule has 0 aromatic heterocycles. The molecule has 38 heavy (non-hydrogen) atoms. The highest BCUT2D eigenvalue weighted by atomic mass is 32.2. The Kier molecular flexibility index (Phi) is 8.62. The van der Waals surface area contributed by atoms with E-state index in [2.05, 4.69) is 5.32 Å². The maximum atomic E-state index is 13.6. The molecule has 0 aliphatic carbocycles. The predicted octanol–water partition coefficient (Wildman–Crippen LogP) is 4.68. The van der Waals surface area contributed by atoms with Crippen molar-refractivity contribution >= 4 is 33.2 Å². The molecule has 1 fully saturated rings. The summed E-state index contributed by atoms with van der Waals surface area (Å²) in [5.41, 5.74) is 0.754. The fraction of sp³-hybridized carbons (Fsp3) is 0.286. The zero-order chi connectivity index (χ0) is 27.1. The Morgan fingerprint density at radius 2 is 1.61 bits per heavy atom. The number of nitrogens with one attached hydrogen (secondary N) is 1. The summed E-state index contributed by atoms with van der Waals surface area (Å²) in [6, 6.07) is 17.3. The number of ether oxygens (including phenoxy) is 1. The molecular weight excluding hydrogens is 509 g/mol. The van der Waals surface area contributed by atoms with Crippen LogP contribution in [0.15, 0.2) is 77.7 Å². The van der Waals surface area contributed by atoms with E-state index >= 15 is 0 Å². The van der Waals surface area contributed by atoms with Crippen LogP contribution >= 0.6 is 0 Å². The van der Waals surface area contributed by atoms with Crippen molar-refractivity contribution in [3.63, 3.8) is 0 Å². The van der Waals surface area contributed by atoms with Gasteiger partial charge in [0.15, 0.2) is 0 Å². The lowest BCUT2D eigenvalue weighted by Gasteiger charge is -2.28. The second-order valence-corrected chi connectivity index (χ2v) is 10.7. The molecule has 1 saturated heterocycles. The maximum Gasteiger partial charge on any atom is 0.264 e. The molecule has 0 radical (unpaired) electrons. The van der Waals surface area contributed by atoms with Crippen molar-refractivity contribution in [1.82, 2.24) is 4.90 Å². The number of likely N-dealkylation sites (tertiary alicyclic amines) is 1. The van der Waals surface area contributed by atoms with Crippen molar-refractivity contribution in [2.75, 3.05) is 35.9 Å². The number of para-hydroxylation sites is 1. The van der Waals surface area contributed by atoms with Gasteiger partial charge in [0.25, 0.3) is 15.9 Å². The number of carbonyl (C=O) groups is 2. The van der Waals surface area contributed by atoms with Gasteiger partial charge >= 0.3 is 0 Å². The van der Waals surface area contributed by atoms with Crippen LogP contribution < -0.4 is 14.4 Å². The molecule has 0 spiro atoms. The van der Waals surface area contributed by atoms with E-state index in [1.165, 1.54) is 36.4 Å². The molecule has 10 heteroatoms. The molecule has 4 rings (SSSR count). The number of hydrogen-bond acceptors (Lipinski definition) is 5. The van der Waals surface area contributed by atoms with Gasteiger partial charge in [-0.15, -0.1) is 0 Å². The molecule has 8 nitrogen and oxygen atoms in total. The van der Waals surface area contributed by atoms with Crippen molar-refractivity contribution in [3.8, 4) is 5.75 Å². The first kappa shape index (κ1) is 27.1. The minimum atomic E-state index is -4.21. The molecule has 1 heterocycles. The fourth-order valence-electron chi connectivity index (χ4n) is 4.29. The van der Waals surface area contributed by atoms with Gasteiger partial charge in [-0.05, 0) is 86.8 Å². The highest BCUT2D eigenvalue weighted by Crippen LogP contribution is 2.26. The van der Waals surface area contributed by atoms with E-state index in [1.807, 2.05) is 6.92 Å². The first-order valence-electron chi connectivity index (χ1n) is 12.5. The molecule has 3 aromatic carbocycles. The lowest BCUT2D eigenvalue weighted by atomic mass is 10.1. The van der Waals surface area contributed by atoms with Crippen LogP contribution in [0.1, 0.15) is 36.5 Å². The lowest BCUT2D eigenvalue weighted by molar-refractivity contribution is -0.114. The molecule has 1 aliphatic rings. The monoisotopic (exact) mass is 539 g/mol. The molecule has 1 N–H and O–H groups in total. The molecule has 0 saturated carbocycles. The third-order valence-electron chi connectivity index (χ3n) is 6.20. The van der Waals surface area contributed by atoms with Crippen LogP contribution in [0, 0.1) is 5.82 Å². The Balaban J connectivity index is 1.60. The Morgan fingerprint density at radius 1 is 0.947 bits per heavy atom. The van der Waals surface area contributed by atoms with Crippen molar-refractivity contribution in [2.45, 2.75) is 31.1 Å². The zero-order valence-corrected chi connectivity index (χ0v) is 21.9. The zero-order valence-electron chi connectivity index (χ0n) is 21.1. The van der Waals surface area contributed by atoms with Gasteiger partial charge in [-0.2, -0.15) is 0 Å². The highest BCUT2D eigenvalue weighted by Gasteiger charge is 2.28. The van der Waals surface area contributed by atoms with Crippen molar-refractivity contribution < 1.29 is 27.1 Å². The van der Waals surface area contributed by atoms with Crippen LogP contribution in [0.4, 0.5) is 15.8 Å². The molecule has 200 valence electrons. The summed E-state index contributed by atoms with van der Waals surface area (Å²) in [6.07, 6.45) is 2.93. The second kappa shape index (κ2) is 12.1. The van der Waals surface area contributed by atoms with Crippen LogP contribution in [0.25, 0.3) is 0 Å². The number of sulfonamides is 1. The summed E-state index contributed by atoms with van der Waals surface area (Å²) in [4.78, 5) is 28.0. The topological polar surface area (TPSA) is 96.0 Å². The third-order valence-corrected chi connectivity index (χ3v) is 7.99. The van der Waals surface area contributed by atoms with Gasteiger partial charge in [0.1, 0.15) is 18.1 Å². The summed E-state index contributed by atoms with van der Waals surface area (Å²) >= 11 is 0. The highest BCUT2D eigenvalue weighted by molar-refractivity contribution is 7.92.